The number of rotatable bonds is 1. The molecule has 0 aliphatic rings. The molecule has 0 aliphatic carbocycles. The lowest BCUT2D eigenvalue weighted by Crippen LogP contribution is -2.09. The van der Waals surface area contributed by atoms with Gasteiger partial charge in [0, 0.05) is 6.07 Å². The topological polar surface area (TPSA) is 42.4 Å². The smallest absolute Gasteiger partial charge is 0.433 e. The van der Waals surface area contributed by atoms with Gasteiger partial charge in [-0.2, -0.15) is 13.2 Å². The van der Waals surface area contributed by atoms with Crippen LogP contribution in [0.25, 0.3) is 0 Å². The zero-order chi connectivity index (χ0) is 10.9. The fourth-order valence-electron chi connectivity index (χ4n) is 0.938. The van der Waals surface area contributed by atoms with Gasteiger partial charge in [-0.15, -0.1) is 0 Å². The predicted octanol–water partition coefficient (Wildman–Crippen LogP) is 2.12. The molecule has 0 unspecified atom stereocenters. The molecule has 0 radical (unpaired) electrons. The molecular formula is C8H8F3NO2. The maximum absolute atomic E-state index is 12.2. The van der Waals surface area contributed by atoms with Crippen LogP contribution in [0, 0.1) is 6.92 Å². The van der Waals surface area contributed by atoms with Crippen LogP contribution in [0.2, 0.25) is 0 Å². The van der Waals surface area contributed by atoms with Crippen molar-refractivity contribution in [3.63, 3.8) is 0 Å². The molecule has 0 aromatic carbocycles. The number of aryl methyl sites for hydroxylation is 1. The Balaban J connectivity index is 3.30. The molecule has 1 aromatic rings. The molecule has 14 heavy (non-hydrogen) atoms. The number of hydrogen-bond acceptors (Lipinski definition) is 3. The molecule has 0 bridgehead atoms. The van der Waals surface area contributed by atoms with E-state index in [4.69, 9.17) is 0 Å². The van der Waals surface area contributed by atoms with E-state index in [-0.39, 0.29) is 17.2 Å². The van der Waals surface area contributed by atoms with Crippen molar-refractivity contribution in [3.8, 4) is 11.5 Å². The predicted molar refractivity (Wildman–Crippen MR) is 42.2 cm³/mol. The summed E-state index contributed by atoms with van der Waals surface area (Å²) in [4.78, 5) is 3.20. The molecule has 0 amide bonds. The van der Waals surface area contributed by atoms with Crippen molar-refractivity contribution in [1.29, 1.82) is 0 Å². The SMILES string of the molecule is COc1cc(C(F)(F)F)nc(C)c1O. The maximum atomic E-state index is 12.2. The van der Waals surface area contributed by atoms with E-state index in [1.54, 1.807) is 0 Å². The molecule has 0 atom stereocenters. The number of aromatic hydroxyl groups is 1. The monoisotopic (exact) mass is 207 g/mol. The number of halogens is 3. The average molecular weight is 207 g/mol. The molecule has 0 fully saturated rings. The summed E-state index contributed by atoms with van der Waals surface area (Å²) >= 11 is 0. The zero-order valence-electron chi connectivity index (χ0n) is 7.51. The third-order valence-electron chi connectivity index (χ3n) is 1.64. The van der Waals surface area contributed by atoms with Crippen molar-refractivity contribution in [2.45, 2.75) is 13.1 Å². The van der Waals surface area contributed by atoms with Gasteiger partial charge >= 0.3 is 6.18 Å². The summed E-state index contributed by atoms with van der Waals surface area (Å²) in [5.41, 5.74) is -1.19. The highest BCUT2D eigenvalue weighted by atomic mass is 19.4. The number of aromatic nitrogens is 1. The molecule has 0 aliphatic heterocycles. The van der Waals surface area contributed by atoms with Gasteiger partial charge in [-0.3, -0.25) is 0 Å². The highest BCUT2D eigenvalue weighted by molar-refractivity contribution is 5.43. The summed E-state index contributed by atoms with van der Waals surface area (Å²) in [6.45, 7) is 1.27. The van der Waals surface area contributed by atoms with Crippen molar-refractivity contribution in [2.24, 2.45) is 0 Å². The van der Waals surface area contributed by atoms with Crippen molar-refractivity contribution < 1.29 is 23.0 Å². The minimum Gasteiger partial charge on any atom is -0.503 e. The Kier molecular flexibility index (Phi) is 2.55. The summed E-state index contributed by atoms with van der Waals surface area (Å²) < 4.78 is 41.2. The first-order chi connectivity index (χ1) is 6.36. The Hall–Kier alpha value is -1.46. The van der Waals surface area contributed by atoms with Crippen LogP contribution in [0.3, 0.4) is 0 Å². The molecule has 1 heterocycles. The van der Waals surface area contributed by atoms with Gasteiger partial charge in [-0.25, -0.2) is 4.98 Å². The Morgan fingerprint density at radius 3 is 2.43 bits per heavy atom. The second-order valence-electron chi connectivity index (χ2n) is 2.64. The van der Waals surface area contributed by atoms with E-state index in [9.17, 15) is 18.3 Å². The van der Waals surface area contributed by atoms with Crippen LogP contribution in [0.15, 0.2) is 6.07 Å². The fourth-order valence-corrected chi connectivity index (χ4v) is 0.938. The molecule has 1 N–H and O–H groups in total. The van der Waals surface area contributed by atoms with Crippen LogP contribution in [0.5, 0.6) is 11.5 Å². The van der Waals surface area contributed by atoms with Crippen molar-refractivity contribution in [2.75, 3.05) is 7.11 Å². The molecule has 1 rings (SSSR count). The van der Waals surface area contributed by atoms with Crippen LogP contribution < -0.4 is 4.74 Å². The largest absolute Gasteiger partial charge is 0.503 e. The molecule has 1 aromatic heterocycles. The van der Waals surface area contributed by atoms with Crippen molar-refractivity contribution >= 4 is 0 Å². The normalized spacial score (nSPS) is 11.5. The molecule has 6 heteroatoms. The molecule has 0 saturated carbocycles. The average Bonchev–Trinajstić information content (AvgIpc) is 2.07. The third-order valence-corrected chi connectivity index (χ3v) is 1.64. The van der Waals surface area contributed by atoms with Crippen LogP contribution >= 0.6 is 0 Å². The number of hydrogen-bond donors (Lipinski definition) is 1. The first-order valence-corrected chi connectivity index (χ1v) is 3.68. The summed E-state index contributed by atoms with van der Waals surface area (Å²) in [6.07, 6.45) is -4.54. The third kappa shape index (κ3) is 1.89. The van der Waals surface area contributed by atoms with Gasteiger partial charge in [0.2, 0.25) is 0 Å². The van der Waals surface area contributed by atoms with E-state index in [2.05, 4.69) is 9.72 Å². The highest BCUT2D eigenvalue weighted by Crippen LogP contribution is 2.35. The minimum absolute atomic E-state index is 0.114. The van der Waals surface area contributed by atoms with E-state index in [1.165, 1.54) is 14.0 Å². The highest BCUT2D eigenvalue weighted by Gasteiger charge is 2.34. The number of alkyl halides is 3. The zero-order valence-corrected chi connectivity index (χ0v) is 7.51. The van der Waals surface area contributed by atoms with Crippen LogP contribution in [-0.4, -0.2) is 17.2 Å². The number of ether oxygens (including phenoxy) is 1. The van der Waals surface area contributed by atoms with Gasteiger partial charge in [-0.1, -0.05) is 0 Å². The van der Waals surface area contributed by atoms with E-state index < -0.39 is 11.9 Å². The fraction of sp³-hybridized carbons (Fsp3) is 0.375. The number of methoxy groups -OCH3 is 1. The summed E-state index contributed by atoms with van der Waals surface area (Å²) in [6, 6.07) is 0.655. The van der Waals surface area contributed by atoms with E-state index in [1.807, 2.05) is 0 Å². The first-order valence-electron chi connectivity index (χ1n) is 3.68. The van der Waals surface area contributed by atoms with Gasteiger partial charge in [-0.05, 0) is 6.92 Å². The van der Waals surface area contributed by atoms with Gasteiger partial charge in [0.05, 0.1) is 12.8 Å². The molecule has 3 nitrogen and oxygen atoms in total. The molecule has 0 spiro atoms. The maximum Gasteiger partial charge on any atom is 0.433 e. The van der Waals surface area contributed by atoms with Crippen molar-refractivity contribution in [1.82, 2.24) is 4.98 Å². The lowest BCUT2D eigenvalue weighted by Gasteiger charge is -2.10. The second-order valence-corrected chi connectivity index (χ2v) is 2.64. The van der Waals surface area contributed by atoms with E-state index in [0.29, 0.717) is 6.07 Å². The quantitative estimate of drug-likeness (QED) is 0.766. The van der Waals surface area contributed by atoms with Crippen LogP contribution in [0.4, 0.5) is 13.2 Å². The van der Waals surface area contributed by atoms with Gasteiger partial charge in [0.25, 0.3) is 0 Å². The van der Waals surface area contributed by atoms with E-state index >= 15 is 0 Å². The Labute approximate surface area is 78.2 Å². The second kappa shape index (κ2) is 3.36. The Morgan fingerprint density at radius 1 is 1.43 bits per heavy atom. The summed E-state index contributed by atoms with van der Waals surface area (Å²) in [5, 5.41) is 9.23. The lowest BCUT2D eigenvalue weighted by atomic mass is 10.2. The molecule has 0 saturated heterocycles. The standard InChI is InChI=1S/C8H8F3NO2/c1-4-7(13)5(14-2)3-6(12-4)8(9,10)11/h3,13H,1-2H3. The van der Waals surface area contributed by atoms with Gasteiger partial charge in [0.15, 0.2) is 11.5 Å². The van der Waals surface area contributed by atoms with Crippen molar-refractivity contribution in [3.05, 3.63) is 17.5 Å². The van der Waals surface area contributed by atoms with Crippen LogP contribution in [0.1, 0.15) is 11.4 Å². The number of nitrogens with zero attached hydrogens (tertiary/aromatic N) is 1. The van der Waals surface area contributed by atoms with E-state index in [0.717, 1.165) is 0 Å². The first kappa shape index (κ1) is 10.6. The Morgan fingerprint density at radius 2 is 2.00 bits per heavy atom. The molecular weight excluding hydrogens is 199 g/mol. The molecule has 78 valence electrons. The van der Waals surface area contributed by atoms with Crippen LogP contribution in [-0.2, 0) is 6.18 Å². The number of pyridine rings is 1. The minimum atomic E-state index is -4.54. The summed E-state index contributed by atoms with van der Waals surface area (Å²) in [7, 11) is 1.18. The summed E-state index contributed by atoms with van der Waals surface area (Å²) in [5.74, 6) is -0.606. The Bertz CT molecular complexity index is 349. The lowest BCUT2D eigenvalue weighted by molar-refractivity contribution is -0.141. The van der Waals surface area contributed by atoms with Gasteiger partial charge in [0.1, 0.15) is 5.69 Å². The van der Waals surface area contributed by atoms with Gasteiger partial charge < -0.3 is 9.84 Å².